The lowest BCUT2D eigenvalue weighted by atomic mass is 10.1. The van der Waals surface area contributed by atoms with Crippen molar-refractivity contribution in [2.75, 3.05) is 11.3 Å². The molecule has 0 spiro atoms. The fourth-order valence-corrected chi connectivity index (χ4v) is 5.34. The number of anilines is 1. The third-order valence-electron chi connectivity index (χ3n) is 5.93. The van der Waals surface area contributed by atoms with Crippen LogP contribution in [0.15, 0.2) is 89.8 Å². The Balaban J connectivity index is 1.46. The van der Waals surface area contributed by atoms with Crippen LogP contribution in [0, 0.1) is 13.8 Å². The number of amides is 1. The first-order valence-electron chi connectivity index (χ1n) is 12.4. The number of ether oxygens (including phenoxy) is 2. The second-order valence-electron chi connectivity index (χ2n) is 9.21. The first-order chi connectivity index (χ1) is 19.0. The molecule has 208 valence electrons. The predicted octanol–water partition coefficient (Wildman–Crippen LogP) is 7.40. The van der Waals surface area contributed by atoms with E-state index in [-0.39, 0.29) is 33.8 Å². The molecule has 1 amide bonds. The molecule has 0 saturated carbocycles. The van der Waals surface area contributed by atoms with Crippen LogP contribution in [0.5, 0.6) is 17.2 Å². The number of para-hydroxylation sites is 2. The van der Waals surface area contributed by atoms with Crippen LogP contribution in [0.3, 0.4) is 0 Å². The van der Waals surface area contributed by atoms with Gasteiger partial charge in [0.1, 0.15) is 23.9 Å². The fourth-order valence-electron chi connectivity index (χ4n) is 3.92. The van der Waals surface area contributed by atoms with Crippen LogP contribution in [-0.4, -0.2) is 27.0 Å². The molecular weight excluding hydrogens is 571 g/mol. The van der Waals surface area contributed by atoms with Crippen molar-refractivity contribution in [3.8, 4) is 17.2 Å². The normalized spacial score (nSPS) is 11.9. The minimum atomic E-state index is -4.04. The lowest BCUT2D eigenvalue weighted by Crippen LogP contribution is -2.37. The summed E-state index contributed by atoms with van der Waals surface area (Å²) in [6, 6.07) is 22.6. The average Bonchev–Trinajstić information content (AvgIpc) is 2.91. The molecule has 0 aliphatic rings. The van der Waals surface area contributed by atoms with Gasteiger partial charge in [-0.15, -0.1) is 0 Å². The highest BCUT2D eigenvalue weighted by atomic mass is 35.5. The molecule has 0 bridgehead atoms. The second-order valence-corrected chi connectivity index (χ2v) is 11.7. The maximum Gasteiger partial charge on any atom is 0.261 e. The van der Waals surface area contributed by atoms with Gasteiger partial charge in [0.15, 0.2) is 0 Å². The highest BCUT2D eigenvalue weighted by molar-refractivity contribution is 7.92. The molecule has 0 heterocycles. The highest BCUT2D eigenvalue weighted by Gasteiger charge is 2.21. The molecule has 7 nitrogen and oxygen atoms in total. The molecule has 0 aliphatic carbocycles. The van der Waals surface area contributed by atoms with E-state index in [1.807, 2.05) is 32.0 Å². The number of sulfonamides is 1. The van der Waals surface area contributed by atoms with Crippen molar-refractivity contribution in [2.45, 2.75) is 31.7 Å². The summed E-state index contributed by atoms with van der Waals surface area (Å²) in [5.74, 6) is 1.13. The van der Waals surface area contributed by atoms with Gasteiger partial charge in [0.05, 0.1) is 27.2 Å². The van der Waals surface area contributed by atoms with E-state index in [1.54, 1.807) is 31.2 Å². The second kappa shape index (κ2) is 12.6. The van der Waals surface area contributed by atoms with Gasteiger partial charge in [-0.1, -0.05) is 53.5 Å². The lowest BCUT2D eigenvalue weighted by Gasteiger charge is -2.19. The number of aryl methyl sites for hydroxylation is 2. The summed E-state index contributed by atoms with van der Waals surface area (Å²) >= 11 is 12.3. The quantitative estimate of drug-likeness (QED) is 0.198. The maximum atomic E-state index is 13.2. The van der Waals surface area contributed by atoms with Gasteiger partial charge < -0.3 is 14.8 Å². The monoisotopic (exact) mass is 598 g/mol. The zero-order valence-electron chi connectivity index (χ0n) is 22.1. The van der Waals surface area contributed by atoms with E-state index in [4.69, 9.17) is 32.7 Å². The van der Waals surface area contributed by atoms with Crippen LogP contribution >= 0.6 is 23.2 Å². The number of halogens is 2. The molecule has 10 heteroatoms. The fraction of sp³-hybridized carbons (Fsp3) is 0.167. The third kappa shape index (κ3) is 7.27. The van der Waals surface area contributed by atoms with Gasteiger partial charge in [0, 0.05) is 5.02 Å². The zero-order valence-corrected chi connectivity index (χ0v) is 24.4. The molecule has 0 unspecified atom stereocenters. The molecule has 1 atom stereocenters. The molecule has 0 saturated heterocycles. The largest absolute Gasteiger partial charge is 0.491 e. The molecule has 0 radical (unpaired) electrons. The van der Waals surface area contributed by atoms with Gasteiger partial charge in [-0.3, -0.25) is 9.52 Å². The van der Waals surface area contributed by atoms with Crippen LogP contribution in [0.1, 0.15) is 28.4 Å². The van der Waals surface area contributed by atoms with Crippen molar-refractivity contribution in [1.82, 2.24) is 5.32 Å². The first kappa shape index (κ1) is 29.3. The Hall–Kier alpha value is -3.72. The summed E-state index contributed by atoms with van der Waals surface area (Å²) in [5, 5.41) is 3.57. The van der Waals surface area contributed by atoms with Crippen LogP contribution in [-0.2, 0) is 10.0 Å². The Kier molecular flexibility index (Phi) is 9.25. The van der Waals surface area contributed by atoms with Gasteiger partial charge in [0.25, 0.3) is 15.9 Å². The van der Waals surface area contributed by atoms with Crippen molar-refractivity contribution in [1.29, 1.82) is 0 Å². The average molecular weight is 600 g/mol. The van der Waals surface area contributed by atoms with Crippen LogP contribution in [0.2, 0.25) is 10.0 Å². The Morgan fingerprint density at radius 3 is 2.25 bits per heavy atom. The topological polar surface area (TPSA) is 93.7 Å². The summed E-state index contributed by atoms with van der Waals surface area (Å²) in [6.45, 7) is 5.93. The minimum Gasteiger partial charge on any atom is -0.491 e. The Morgan fingerprint density at radius 2 is 1.57 bits per heavy atom. The SMILES string of the molecule is Cc1cccc(C)c1OC[C@H](C)NC(=O)c1cc(Cl)ccc1NS(=O)(=O)c1ccc(Oc2ccccc2Cl)cc1. The maximum absolute atomic E-state index is 13.2. The standard InChI is InChI=1S/C30H28Cl2N2O5S/c1-19-7-6-8-20(2)29(19)38-18-21(3)33-30(35)25-17-22(31)11-16-27(25)34-40(36,37)24-14-12-23(13-15-24)39-28-10-5-4-9-26(28)32/h4-17,21,34H,18H2,1-3H3,(H,33,35)/t21-/m0/s1. The molecule has 2 N–H and O–H groups in total. The number of carbonyl (C=O) groups is 1. The van der Waals surface area contributed by atoms with Crippen molar-refractivity contribution in [3.05, 3.63) is 112 Å². The van der Waals surface area contributed by atoms with Gasteiger partial charge in [-0.2, -0.15) is 0 Å². The number of carbonyl (C=O) groups excluding carboxylic acids is 1. The number of rotatable bonds is 10. The van der Waals surface area contributed by atoms with Crippen LogP contribution in [0.4, 0.5) is 5.69 Å². The molecule has 4 aromatic rings. The smallest absolute Gasteiger partial charge is 0.261 e. The summed E-state index contributed by atoms with van der Waals surface area (Å²) in [4.78, 5) is 13.1. The highest BCUT2D eigenvalue weighted by Crippen LogP contribution is 2.30. The minimum absolute atomic E-state index is 0.0179. The van der Waals surface area contributed by atoms with E-state index in [0.717, 1.165) is 16.9 Å². The number of hydrogen-bond acceptors (Lipinski definition) is 5. The number of nitrogens with one attached hydrogen (secondary N) is 2. The summed E-state index contributed by atoms with van der Waals surface area (Å²) in [7, 11) is -4.04. The van der Waals surface area contributed by atoms with Gasteiger partial charge >= 0.3 is 0 Å². The van der Waals surface area contributed by atoms with E-state index < -0.39 is 15.9 Å². The number of hydrogen-bond donors (Lipinski definition) is 2. The van der Waals surface area contributed by atoms with Crippen LogP contribution in [0.25, 0.3) is 0 Å². The Morgan fingerprint density at radius 1 is 0.900 bits per heavy atom. The lowest BCUT2D eigenvalue weighted by molar-refractivity contribution is 0.0927. The molecule has 0 aliphatic heterocycles. The molecule has 40 heavy (non-hydrogen) atoms. The first-order valence-corrected chi connectivity index (χ1v) is 14.6. The summed E-state index contributed by atoms with van der Waals surface area (Å²) in [5.41, 5.74) is 2.15. The summed E-state index contributed by atoms with van der Waals surface area (Å²) in [6.07, 6.45) is 0. The molecule has 0 aromatic heterocycles. The van der Waals surface area contributed by atoms with Gasteiger partial charge in [-0.25, -0.2) is 8.42 Å². The third-order valence-corrected chi connectivity index (χ3v) is 7.86. The summed E-state index contributed by atoms with van der Waals surface area (Å²) < 4.78 is 40.5. The Bertz CT molecular complexity index is 1610. The van der Waals surface area contributed by atoms with Gasteiger partial charge in [-0.05, 0) is 86.5 Å². The van der Waals surface area contributed by atoms with E-state index in [0.29, 0.717) is 16.5 Å². The molecular formula is C30H28Cl2N2O5S. The van der Waals surface area contributed by atoms with Gasteiger partial charge in [0.2, 0.25) is 0 Å². The van der Waals surface area contributed by atoms with Crippen molar-refractivity contribution in [3.63, 3.8) is 0 Å². The molecule has 4 aromatic carbocycles. The Labute approximate surface area is 244 Å². The van der Waals surface area contributed by atoms with E-state index in [1.165, 1.54) is 42.5 Å². The van der Waals surface area contributed by atoms with E-state index >= 15 is 0 Å². The van der Waals surface area contributed by atoms with Crippen molar-refractivity contribution < 1.29 is 22.7 Å². The van der Waals surface area contributed by atoms with Crippen LogP contribution < -0.4 is 19.5 Å². The van der Waals surface area contributed by atoms with Crippen molar-refractivity contribution in [2.24, 2.45) is 0 Å². The van der Waals surface area contributed by atoms with Crippen molar-refractivity contribution >= 4 is 44.8 Å². The predicted molar refractivity (Wildman–Crippen MR) is 159 cm³/mol. The number of benzene rings is 4. The van der Waals surface area contributed by atoms with E-state index in [9.17, 15) is 13.2 Å². The molecule has 0 fully saturated rings. The zero-order chi connectivity index (χ0) is 28.9. The molecule has 4 rings (SSSR count). The van der Waals surface area contributed by atoms with E-state index in [2.05, 4.69) is 10.0 Å².